The Labute approximate surface area is 147 Å². The number of Topliss-reactive ketones (excluding diaryl/α,β-unsaturated/α-hetero) is 1. The lowest BCUT2D eigenvalue weighted by Gasteiger charge is -2.08. The lowest BCUT2D eigenvalue weighted by Crippen LogP contribution is -2.06. The fraction of sp³-hybridized carbons (Fsp3) is 0.188. The Hall–Kier alpha value is -1.63. The van der Waals surface area contributed by atoms with E-state index in [2.05, 4.69) is 22.3 Å². The summed E-state index contributed by atoms with van der Waals surface area (Å²) in [4.78, 5) is 12.9. The van der Waals surface area contributed by atoms with E-state index in [0.717, 1.165) is 11.0 Å². The zero-order chi connectivity index (χ0) is 16.2. The number of thioether (sulfide) groups is 1. The second-order valence-corrected chi connectivity index (χ2v) is 7.57. The summed E-state index contributed by atoms with van der Waals surface area (Å²) in [6, 6.07) is 13.6. The van der Waals surface area contributed by atoms with E-state index in [-0.39, 0.29) is 5.78 Å². The van der Waals surface area contributed by atoms with E-state index in [1.165, 1.54) is 28.7 Å². The first-order valence-corrected chi connectivity index (χ1v) is 9.16. The van der Waals surface area contributed by atoms with Gasteiger partial charge in [0.2, 0.25) is 0 Å². The minimum atomic E-state index is 0.0545. The number of hydrogen-bond donors (Lipinski definition) is 0. The van der Waals surface area contributed by atoms with Gasteiger partial charge in [0.05, 0.1) is 21.5 Å². The largest absolute Gasteiger partial charge is 0.302 e. The standard InChI is InChI=1S/C16H14ClN3OS2/c1-11-18-19-16(20(11)9-12-5-3-2-4-6-12)22-10-13(21)14-7-8-15(17)23-14/h2-8H,9-10H2,1H3. The predicted octanol–water partition coefficient (Wildman–Crippen LogP) is 4.32. The van der Waals surface area contributed by atoms with Crippen molar-refractivity contribution in [2.45, 2.75) is 18.6 Å². The normalized spacial score (nSPS) is 10.9. The van der Waals surface area contributed by atoms with E-state index >= 15 is 0 Å². The summed E-state index contributed by atoms with van der Waals surface area (Å²) < 4.78 is 2.65. The molecule has 3 aromatic rings. The van der Waals surface area contributed by atoms with E-state index in [9.17, 15) is 4.79 Å². The van der Waals surface area contributed by atoms with Crippen molar-refractivity contribution in [2.75, 3.05) is 5.75 Å². The number of benzene rings is 1. The lowest BCUT2D eigenvalue weighted by molar-refractivity contribution is 0.102. The van der Waals surface area contributed by atoms with Gasteiger partial charge < -0.3 is 4.57 Å². The Bertz CT molecular complexity index is 814. The van der Waals surface area contributed by atoms with E-state index in [1.807, 2.05) is 29.7 Å². The van der Waals surface area contributed by atoms with Gasteiger partial charge in [0.25, 0.3) is 0 Å². The van der Waals surface area contributed by atoms with Crippen molar-refractivity contribution in [3.63, 3.8) is 0 Å². The number of aryl methyl sites for hydroxylation is 1. The van der Waals surface area contributed by atoms with E-state index < -0.39 is 0 Å². The molecule has 0 unspecified atom stereocenters. The number of ketones is 1. The summed E-state index contributed by atoms with van der Waals surface area (Å²) in [5, 5.41) is 9.07. The molecule has 0 spiro atoms. The van der Waals surface area contributed by atoms with Crippen molar-refractivity contribution in [1.82, 2.24) is 14.8 Å². The van der Waals surface area contributed by atoms with Crippen LogP contribution in [-0.4, -0.2) is 26.3 Å². The molecule has 0 N–H and O–H groups in total. The highest BCUT2D eigenvalue weighted by Crippen LogP contribution is 2.25. The van der Waals surface area contributed by atoms with Crippen molar-refractivity contribution in [3.05, 3.63) is 63.1 Å². The number of thiophene rings is 1. The van der Waals surface area contributed by atoms with Gasteiger partial charge in [0.1, 0.15) is 5.82 Å². The molecule has 0 fully saturated rings. The Morgan fingerprint density at radius 2 is 2.00 bits per heavy atom. The fourth-order valence-electron chi connectivity index (χ4n) is 2.08. The highest BCUT2D eigenvalue weighted by atomic mass is 35.5. The predicted molar refractivity (Wildman–Crippen MR) is 94.7 cm³/mol. The van der Waals surface area contributed by atoms with E-state index in [1.54, 1.807) is 12.1 Å². The smallest absolute Gasteiger partial charge is 0.191 e. The van der Waals surface area contributed by atoms with Crippen LogP contribution in [0.1, 0.15) is 21.1 Å². The number of carbonyl (C=O) groups excluding carboxylic acids is 1. The molecule has 0 saturated carbocycles. The van der Waals surface area contributed by atoms with Crippen LogP contribution < -0.4 is 0 Å². The summed E-state index contributed by atoms with van der Waals surface area (Å²) in [6.07, 6.45) is 0. The van der Waals surface area contributed by atoms with E-state index in [0.29, 0.717) is 21.5 Å². The third-order valence-electron chi connectivity index (χ3n) is 3.27. The van der Waals surface area contributed by atoms with Crippen LogP contribution in [0, 0.1) is 6.92 Å². The number of rotatable bonds is 6. The number of halogens is 1. The van der Waals surface area contributed by atoms with Gasteiger partial charge in [0.15, 0.2) is 10.9 Å². The second-order valence-electron chi connectivity index (χ2n) is 4.92. The molecular weight excluding hydrogens is 350 g/mol. The van der Waals surface area contributed by atoms with Crippen LogP contribution in [-0.2, 0) is 6.54 Å². The van der Waals surface area contributed by atoms with Crippen molar-refractivity contribution < 1.29 is 4.79 Å². The van der Waals surface area contributed by atoms with Crippen LogP contribution in [0.15, 0.2) is 47.6 Å². The molecule has 0 aliphatic rings. The maximum atomic E-state index is 12.2. The van der Waals surface area contributed by atoms with Crippen LogP contribution in [0.3, 0.4) is 0 Å². The SMILES string of the molecule is Cc1nnc(SCC(=O)c2ccc(Cl)s2)n1Cc1ccccc1. The summed E-state index contributed by atoms with van der Waals surface area (Å²) in [6.45, 7) is 2.61. The highest BCUT2D eigenvalue weighted by Gasteiger charge is 2.14. The molecule has 1 aromatic carbocycles. The Kier molecular flexibility index (Phi) is 5.15. The number of aromatic nitrogens is 3. The highest BCUT2D eigenvalue weighted by molar-refractivity contribution is 7.99. The van der Waals surface area contributed by atoms with Crippen LogP contribution in [0.2, 0.25) is 4.34 Å². The van der Waals surface area contributed by atoms with Crippen LogP contribution >= 0.6 is 34.7 Å². The summed E-state index contributed by atoms with van der Waals surface area (Å²) in [5.41, 5.74) is 1.17. The Balaban J connectivity index is 1.70. The molecule has 0 radical (unpaired) electrons. The van der Waals surface area contributed by atoms with Gasteiger partial charge in [-0.1, -0.05) is 53.7 Å². The molecule has 7 heteroatoms. The quantitative estimate of drug-likeness (QED) is 0.483. The van der Waals surface area contributed by atoms with Gasteiger partial charge in [-0.3, -0.25) is 4.79 Å². The fourth-order valence-corrected chi connectivity index (χ4v) is 4.02. The van der Waals surface area contributed by atoms with Gasteiger partial charge in [-0.15, -0.1) is 21.5 Å². The molecule has 0 amide bonds. The third kappa shape index (κ3) is 4.02. The van der Waals surface area contributed by atoms with Crippen LogP contribution in [0.25, 0.3) is 0 Å². The van der Waals surface area contributed by atoms with Crippen molar-refractivity contribution >= 4 is 40.5 Å². The van der Waals surface area contributed by atoms with Crippen molar-refractivity contribution in [3.8, 4) is 0 Å². The topological polar surface area (TPSA) is 47.8 Å². The molecule has 0 bridgehead atoms. The van der Waals surface area contributed by atoms with Gasteiger partial charge in [-0.05, 0) is 24.6 Å². The molecule has 2 aromatic heterocycles. The van der Waals surface area contributed by atoms with Gasteiger partial charge in [-0.2, -0.15) is 0 Å². The molecule has 3 rings (SSSR count). The number of carbonyl (C=O) groups is 1. The molecule has 23 heavy (non-hydrogen) atoms. The van der Waals surface area contributed by atoms with Crippen molar-refractivity contribution in [2.24, 2.45) is 0 Å². The zero-order valence-corrected chi connectivity index (χ0v) is 14.8. The molecule has 4 nitrogen and oxygen atoms in total. The van der Waals surface area contributed by atoms with Crippen LogP contribution in [0.5, 0.6) is 0 Å². The van der Waals surface area contributed by atoms with Gasteiger partial charge >= 0.3 is 0 Å². The average Bonchev–Trinajstić information content (AvgIpc) is 3.14. The zero-order valence-electron chi connectivity index (χ0n) is 12.4. The molecule has 0 aliphatic heterocycles. The molecule has 0 aliphatic carbocycles. The van der Waals surface area contributed by atoms with Gasteiger partial charge in [-0.25, -0.2) is 0 Å². The first kappa shape index (κ1) is 16.2. The van der Waals surface area contributed by atoms with Crippen molar-refractivity contribution in [1.29, 1.82) is 0 Å². The first-order valence-electron chi connectivity index (χ1n) is 6.98. The third-order valence-corrected chi connectivity index (χ3v) is 5.50. The molecule has 0 atom stereocenters. The maximum absolute atomic E-state index is 12.2. The monoisotopic (exact) mass is 363 g/mol. The Morgan fingerprint density at radius 1 is 1.22 bits per heavy atom. The van der Waals surface area contributed by atoms with Crippen LogP contribution in [0.4, 0.5) is 0 Å². The minimum absolute atomic E-state index is 0.0545. The number of hydrogen-bond acceptors (Lipinski definition) is 5. The lowest BCUT2D eigenvalue weighted by atomic mass is 10.2. The molecule has 118 valence electrons. The van der Waals surface area contributed by atoms with E-state index in [4.69, 9.17) is 11.6 Å². The minimum Gasteiger partial charge on any atom is -0.302 e. The molecular formula is C16H14ClN3OS2. The summed E-state index contributed by atoms with van der Waals surface area (Å²) in [5.74, 6) is 1.21. The average molecular weight is 364 g/mol. The first-order chi connectivity index (χ1) is 11.1. The maximum Gasteiger partial charge on any atom is 0.191 e. The molecule has 0 saturated heterocycles. The summed E-state index contributed by atoms with van der Waals surface area (Å²) >= 11 is 8.58. The number of nitrogens with zero attached hydrogens (tertiary/aromatic N) is 3. The van der Waals surface area contributed by atoms with Gasteiger partial charge in [0, 0.05) is 0 Å². The molecule has 2 heterocycles. The summed E-state index contributed by atoms with van der Waals surface area (Å²) in [7, 11) is 0. The second kappa shape index (κ2) is 7.29. The Morgan fingerprint density at radius 3 is 2.70 bits per heavy atom.